The maximum Gasteiger partial charge on any atom is 0.124 e. The van der Waals surface area contributed by atoms with Crippen molar-refractivity contribution in [2.75, 3.05) is 0 Å². The number of benzene rings is 2. The lowest BCUT2D eigenvalue weighted by Gasteiger charge is -2.02. The van der Waals surface area contributed by atoms with Crippen LogP contribution < -0.4 is 0 Å². The molecule has 2 aromatic carbocycles. The standard InChI is InChI=1S/C13H10F.H2OS/c1-10-7-12(9-13(14)8-10)11-5-3-2-4-6-11;1-2/h3-9H,1H3;1-2H. The largest absolute Gasteiger partial charge is 0.333 e. The number of aryl methyl sites for hydroxylation is 1. The molecule has 16 heavy (non-hydrogen) atoms. The third-order valence-corrected chi connectivity index (χ3v) is 2.09. The lowest BCUT2D eigenvalue weighted by atomic mass is 10.0. The van der Waals surface area contributed by atoms with Crippen LogP contribution in [-0.4, -0.2) is 4.55 Å². The molecule has 1 radical (unpaired) electrons. The molecule has 3 heteroatoms. The van der Waals surface area contributed by atoms with Crippen LogP contribution in [0, 0.1) is 18.8 Å². The second-order valence-electron chi connectivity index (χ2n) is 3.31. The predicted molar refractivity (Wildman–Crippen MR) is 67.0 cm³/mol. The Balaban J connectivity index is 0.000000606. The fraction of sp³-hybridized carbons (Fsp3) is 0.0769. The fourth-order valence-electron chi connectivity index (χ4n) is 1.48. The minimum absolute atomic E-state index is 0.187. The third kappa shape index (κ3) is 3.36. The van der Waals surface area contributed by atoms with Gasteiger partial charge in [-0.1, -0.05) is 30.3 Å². The van der Waals surface area contributed by atoms with Crippen LogP contribution in [0.2, 0.25) is 0 Å². The minimum atomic E-state index is -0.187. The second kappa shape index (κ2) is 6.30. The van der Waals surface area contributed by atoms with E-state index in [1.165, 1.54) is 6.07 Å². The Morgan fingerprint density at radius 3 is 2.25 bits per heavy atom. The highest BCUT2D eigenvalue weighted by molar-refractivity contribution is 7.74. The molecule has 0 heterocycles. The van der Waals surface area contributed by atoms with Gasteiger partial charge in [0.05, 0.1) is 0 Å². The van der Waals surface area contributed by atoms with E-state index in [1.54, 1.807) is 6.07 Å². The zero-order chi connectivity index (χ0) is 12.0. The summed E-state index contributed by atoms with van der Waals surface area (Å²) in [6.45, 7) is 1.89. The highest BCUT2D eigenvalue weighted by Crippen LogP contribution is 2.20. The molecule has 83 valence electrons. The molecule has 0 amide bonds. The van der Waals surface area contributed by atoms with Crippen molar-refractivity contribution in [3.05, 3.63) is 59.9 Å². The molecular formula is C13H12FOS. The van der Waals surface area contributed by atoms with Gasteiger partial charge in [0.1, 0.15) is 5.82 Å². The van der Waals surface area contributed by atoms with E-state index in [-0.39, 0.29) is 5.82 Å². The molecule has 0 aliphatic carbocycles. The molecule has 0 aromatic heterocycles. The van der Waals surface area contributed by atoms with E-state index in [9.17, 15) is 4.39 Å². The molecular weight excluding hydrogens is 223 g/mol. The molecule has 1 N–H and O–H groups in total. The van der Waals surface area contributed by atoms with Crippen LogP contribution in [0.1, 0.15) is 5.56 Å². The maximum absolute atomic E-state index is 13.1. The van der Waals surface area contributed by atoms with Gasteiger partial charge in [-0.3, -0.25) is 0 Å². The zero-order valence-electron chi connectivity index (χ0n) is 8.81. The second-order valence-corrected chi connectivity index (χ2v) is 3.31. The summed E-state index contributed by atoms with van der Waals surface area (Å²) in [7, 11) is 0. The number of rotatable bonds is 1. The van der Waals surface area contributed by atoms with Crippen molar-refractivity contribution in [1.29, 1.82) is 0 Å². The van der Waals surface area contributed by atoms with Crippen LogP contribution in [0.5, 0.6) is 0 Å². The summed E-state index contributed by atoms with van der Waals surface area (Å²) in [6, 6.07) is 15.5. The average Bonchev–Trinajstić information content (AvgIpc) is 2.32. The van der Waals surface area contributed by atoms with Gasteiger partial charge in [-0.05, 0) is 54.7 Å². The average molecular weight is 235 g/mol. The first kappa shape index (κ1) is 12.7. The SMILES string of the molecule is Cc1cc(F)cc(-c2cc[c]cc2)c1.OS. The summed E-state index contributed by atoms with van der Waals surface area (Å²) >= 11 is 2.53. The maximum atomic E-state index is 13.1. The van der Waals surface area contributed by atoms with E-state index in [2.05, 4.69) is 19.0 Å². The Labute approximate surface area is 100 Å². The van der Waals surface area contributed by atoms with Crippen molar-refractivity contribution in [2.45, 2.75) is 6.92 Å². The van der Waals surface area contributed by atoms with Crippen LogP contribution in [-0.2, 0) is 0 Å². The Bertz CT molecular complexity index is 423. The first-order chi connectivity index (χ1) is 7.75. The Morgan fingerprint density at radius 1 is 1.06 bits per heavy atom. The molecule has 0 saturated heterocycles. The quantitative estimate of drug-likeness (QED) is 0.565. The number of thiol groups is 1. The van der Waals surface area contributed by atoms with Gasteiger partial charge < -0.3 is 4.55 Å². The van der Waals surface area contributed by atoms with Crippen LogP contribution >= 0.6 is 12.9 Å². The molecule has 0 aliphatic heterocycles. The molecule has 2 rings (SSSR count). The van der Waals surface area contributed by atoms with Gasteiger partial charge in [-0.15, -0.1) is 0 Å². The van der Waals surface area contributed by atoms with Crippen LogP contribution in [0.4, 0.5) is 4.39 Å². The van der Waals surface area contributed by atoms with Gasteiger partial charge in [0, 0.05) is 0 Å². The fourth-order valence-corrected chi connectivity index (χ4v) is 1.48. The Morgan fingerprint density at radius 2 is 1.69 bits per heavy atom. The van der Waals surface area contributed by atoms with Gasteiger partial charge in [-0.25, -0.2) is 4.39 Å². The smallest absolute Gasteiger partial charge is 0.124 e. The summed E-state index contributed by atoms with van der Waals surface area (Å²) in [5.74, 6) is -0.187. The molecule has 0 saturated carbocycles. The van der Waals surface area contributed by atoms with Crippen LogP contribution in [0.25, 0.3) is 11.1 Å². The molecule has 0 spiro atoms. The summed E-state index contributed by atoms with van der Waals surface area (Å²) < 4.78 is 19.8. The Hall–Kier alpha value is -1.32. The molecule has 0 unspecified atom stereocenters. The molecule has 2 aromatic rings. The number of hydrogen-bond donors (Lipinski definition) is 2. The topological polar surface area (TPSA) is 20.2 Å². The lowest BCUT2D eigenvalue weighted by molar-refractivity contribution is 0.627. The molecule has 0 fully saturated rings. The monoisotopic (exact) mass is 235 g/mol. The zero-order valence-corrected chi connectivity index (χ0v) is 9.71. The van der Waals surface area contributed by atoms with Crippen molar-refractivity contribution in [3.8, 4) is 11.1 Å². The molecule has 0 bridgehead atoms. The first-order valence-corrected chi connectivity index (χ1v) is 5.09. The highest BCUT2D eigenvalue weighted by atomic mass is 32.1. The van der Waals surface area contributed by atoms with Gasteiger partial charge in [0.15, 0.2) is 0 Å². The van der Waals surface area contributed by atoms with Gasteiger partial charge >= 0.3 is 0 Å². The van der Waals surface area contributed by atoms with Crippen LogP contribution in [0.3, 0.4) is 0 Å². The van der Waals surface area contributed by atoms with E-state index in [1.807, 2.05) is 37.3 Å². The van der Waals surface area contributed by atoms with Crippen molar-refractivity contribution in [2.24, 2.45) is 0 Å². The van der Waals surface area contributed by atoms with Crippen molar-refractivity contribution < 1.29 is 8.94 Å². The number of halogens is 1. The number of hydrogen-bond acceptors (Lipinski definition) is 2. The van der Waals surface area contributed by atoms with Gasteiger partial charge in [-0.2, -0.15) is 0 Å². The lowest BCUT2D eigenvalue weighted by Crippen LogP contribution is -1.82. The predicted octanol–water partition coefficient (Wildman–Crippen LogP) is 3.99. The first-order valence-electron chi connectivity index (χ1n) is 4.69. The van der Waals surface area contributed by atoms with E-state index in [4.69, 9.17) is 4.55 Å². The summed E-state index contributed by atoms with van der Waals surface area (Å²) in [6.07, 6.45) is 0. The molecule has 0 atom stereocenters. The van der Waals surface area contributed by atoms with Gasteiger partial charge in [0.25, 0.3) is 0 Å². The van der Waals surface area contributed by atoms with Crippen molar-refractivity contribution >= 4 is 12.9 Å². The van der Waals surface area contributed by atoms with Gasteiger partial charge in [0.2, 0.25) is 0 Å². The summed E-state index contributed by atoms with van der Waals surface area (Å²) in [4.78, 5) is 0. The third-order valence-electron chi connectivity index (χ3n) is 2.09. The molecule has 0 aliphatic rings. The van der Waals surface area contributed by atoms with Crippen molar-refractivity contribution in [1.82, 2.24) is 0 Å². The van der Waals surface area contributed by atoms with Crippen molar-refractivity contribution in [3.63, 3.8) is 0 Å². The van der Waals surface area contributed by atoms with E-state index >= 15 is 0 Å². The van der Waals surface area contributed by atoms with E-state index in [0.29, 0.717) is 0 Å². The van der Waals surface area contributed by atoms with Crippen LogP contribution in [0.15, 0.2) is 42.5 Å². The molecule has 1 nitrogen and oxygen atoms in total. The normalized spacial score (nSPS) is 9.25. The van der Waals surface area contributed by atoms with E-state index < -0.39 is 0 Å². The highest BCUT2D eigenvalue weighted by Gasteiger charge is 1.99. The summed E-state index contributed by atoms with van der Waals surface area (Å²) in [5, 5.41) is 0. The summed E-state index contributed by atoms with van der Waals surface area (Å²) in [5.41, 5.74) is 2.87. The minimum Gasteiger partial charge on any atom is -0.333 e. The Kier molecular flexibility index (Phi) is 5.02. The van der Waals surface area contributed by atoms with E-state index in [0.717, 1.165) is 16.7 Å².